The van der Waals surface area contributed by atoms with Gasteiger partial charge in [-0.2, -0.15) is 0 Å². The first kappa shape index (κ1) is 14.5. The molecule has 0 aliphatic carbocycles. The molecule has 0 spiro atoms. The first-order chi connectivity index (χ1) is 10.5. The highest BCUT2D eigenvalue weighted by Crippen LogP contribution is 2.22. The molecule has 2 N–H and O–H groups in total. The lowest BCUT2D eigenvalue weighted by atomic mass is 10.2. The fourth-order valence-corrected chi connectivity index (χ4v) is 2.58. The molecule has 22 heavy (non-hydrogen) atoms. The summed E-state index contributed by atoms with van der Waals surface area (Å²) >= 11 is 5.96. The Hall–Kier alpha value is -2.46. The molecule has 0 saturated carbocycles. The summed E-state index contributed by atoms with van der Waals surface area (Å²) in [6.07, 6.45) is 0. The van der Waals surface area contributed by atoms with Crippen molar-refractivity contribution in [2.75, 3.05) is 7.05 Å². The molecule has 0 bridgehead atoms. The third-order valence-corrected chi connectivity index (χ3v) is 3.79. The summed E-state index contributed by atoms with van der Waals surface area (Å²) in [5, 5.41) is 11.3. The molecule has 5 heteroatoms. The van der Waals surface area contributed by atoms with Crippen molar-refractivity contribution in [3.05, 3.63) is 64.8 Å². The van der Waals surface area contributed by atoms with Gasteiger partial charge in [0.15, 0.2) is 0 Å². The molecule has 3 rings (SSSR count). The van der Waals surface area contributed by atoms with Crippen molar-refractivity contribution in [3.63, 3.8) is 0 Å². The third kappa shape index (κ3) is 2.78. The molecule has 112 valence electrons. The minimum absolute atomic E-state index is 0.143. The highest BCUT2D eigenvalue weighted by atomic mass is 35.5. The summed E-state index contributed by atoms with van der Waals surface area (Å²) in [4.78, 5) is 17.1. The molecule has 2 aromatic carbocycles. The Labute approximate surface area is 132 Å². The summed E-state index contributed by atoms with van der Waals surface area (Å²) < 4.78 is 0. The van der Waals surface area contributed by atoms with E-state index in [9.17, 15) is 9.90 Å². The van der Waals surface area contributed by atoms with Gasteiger partial charge in [0.05, 0.1) is 0 Å². The maximum Gasteiger partial charge on any atom is 0.270 e. The van der Waals surface area contributed by atoms with Gasteiger partial charge in [-0.3, -0.25) is 4.79 Å². The fourth-order valence-electron chi connectivity index (χ4n) is 2.40. The number of para-hydroxylation sites is 1. The number of phenolic OH excluding ortho intramolecular Hbond substituents is 1. The second kappa shape index (κ2) is 5.73. The number of nitrogens with zero attached hydrogens (tertiary/aromatic N) is 1. The lowest BCUT2D eigenvalue weighted by Crippen LogP contribution is -2.26. The molecule has 0 fully saturated rings. The summed E-state index contributed by atoms with van der Waals surface area (Å²) in [5.41, 5.74) is 2.07. The quantitative estimate of drug-likeness (QED) is 0.772. The zero-order valence-corrected chi connectivity index (χ0v) is 12.8. The lowest BCUT2D eigenvalue weighted by Gasteiger charge is -2.17. The Bertz CT molecular complexity index is 842. The molecular formula is C17H15ClN2O2. The smallest absolute Gasteiger partial charge is 0.270 e. The van der Waals surface area contributed by atoms with Crippen molar-refractivity contribution in [2.24, 2.45) is 0 Å². The summed E-state index contributed by atoms with van der Waals surface area (Å²) in [5.74, 6) is 0.0427. The number of phenols is 1. The van der Waals surface area contributed by atoms with E-state index in [1.807, 2.05) is 18.2 Å². The summed E-state index contributed by atoms with van der Waals surface area (Å²) in [7, 11) is 1.70. The first-order valence-corrected chi connectivity index (χ1v) is 7.23. The number of benzene rings is 2. The van der Waals surface area contributed by atoms with Crippen molar-refractivity contribution in [3.8, 4) is 5.75 Å². The number of halogens is 1. The largest absolute Gasteiger partial charge is 0.508 e. The number of H-pyrrole nitrogens is 1. The van der Waals surface area contributed by atoms with Gasteiger partial charge in [-0.1, -0.05) is 29.8 Å². The van der Waals surface area contributed by atoms with Crippen molar-refractivity contribution in [1.29, 1.82) is 0 Å². The number of hydrogen-bond donors (Lipinski definition) is 2. The maximum absolute atomic E-state index is 12.5. The van der Waals surface area contributed by atoms with Gasteiger partial charge in [0, 0.05) is 35.1 Å². The van der Waals surface area contributed by atoms with E-state index in [4.69, 9.17) is 11.6 Å². The molecule has 1 aromatic heterocycles. The Balaban J connectivity index is 1.84. The monoisotopic (exact) mass is 314 g/mol. The van der Waals surface area contributed by atoms with Crippen LogP contribution in [0, 0.1) is 0 Å². The zero-order chi connectivity index (χ0) is 15.7. The summed E-state index contributed by atoms with van der Waals surface area (Å²) in [6, 6.07) is 14.2. The first-order valence-electron chi connectivity index (χ1n) is 6.85. The van der Waals surface area contributed by atoms with E-state index >= 15 is 0 Å². The van der Waals surface area contributed by atoms with E-state index in [2.05, 4.69) is 4.98 Å². The molecule has 0 aliphatic heterocycles. The van der Waals surface area contributed by atoms with E-state index < -0.39 is 0 Å². The van der Waals surface area contributed by atoms with Crippen LogP contribution in [0.4, 0.5) is 0 Å². The van der Waals surface area contributed by atoms with E-state index in [1.54, 1.807) is 42.3 Å². The standard InChI is InChI=1S/C17H15ClN2O2/c1-20(10-11-4-2-3-5-16(11)21)17(22)15-9-12-8-13(18)6-7-14(12)19-15/h2-9,19,21H,10H2,1H3. The van der Waals surface area contributed by atoms with Crippen LogP contribution in [-0.4, -0.2) is 27.9 Å². The number of carbonyl (C=O) groups is 1. The average molecular weight is 315 g/mol. The van der Waals surface area contributed by atoms with E-state index in [0.717, 1.165) is 10.9 Å². The Morgan fingerprint density at radius 3 is 2.77 bits per heavy atom. The van der Waals surface area contributed by atoms with Crippen molar-refractivity contribution < 1.29 is 9.90 Å². The molecule has 4 nitrogen and oxygen atoms in total. The van der Waals surface area contributed by atoms with Crippen molar-refractivity contribution >= 4 is 28.4 Å². The second-order valence-corrected chi connectivity index (χ2v) is 5.64. The Morgan fingerprint density at radius 2 is 2.00 bits per heavy atom. The van der Waals surface area contributed by atoms with Gasteiger partial charge in [-0.15, -0.1) is 0 Å². The highest BCUT2D eigenvalue weighted by molar-refractivity contribution is 6.31. The molecule has 0 saturated heterocycles. The maximum atomic E-state index is 12.5. The van der Waals surface area contributed by atoms with Crippen molar-refractivity contribution in [2.45, 2.75) is 6.54 Å². The van der Waals surface area contributed by atoms with Gasteiger partial charge in [0.25, 0.3) is 5.91 Å². The molecule has 0 unspecified atom stereocenters. The SMILES string of the molecule is CN(Cc1ccccc1O)C(=O)c1cc2cc(Cl)ccc2[nH]1. The average Bonchev–Trinajstić information content (AvgIpc) is 2.91. The van der Waals surface area contributed by atoms with Gasteiger partial charge < -0.3 is 15.0 Å². The fraction of sp³-hybridized carbons (Fsp3) is 0.118. The van der Waals surface area contributed by atoms with Gasteiger partial charge in [-0.25, -0.2) is 0 Å². The van der Waals surface area contributed by atoms with Crippen LogP contribution >= 0.6 is 11.6 Å². The van der Waals surface area contributed by atoms with Crippen LogP contribution in [0.15, 0.2) is 48.5 Å². The minimum Gasteiger partial charge on any atom is -0.508 e. The molecular weight excluding hydrogens is 300 g/mol. The molecule has 1 amide bonds. The lowest BCUT2D eigenvalue weighted by molar-refractivity contribution is 0.0779. The normalized spacial score (nSPS) is 10.8. The van der Waals surface area contributed by atoms with Crippen LogP contribution in [0.25, 0.3) is 10.9 Å². The Kier molecular flexibility index (Phi) is 3.77. The Morgan fingerprint density at radius 1 is 1.23 bits per heavy atom. The number of fused-ring (bicyclic) bond motifs is 1. The summed E-state index contributed by atoms with van der Waals surface area (Å²) in [6.45, 7) is 0.335. The number of carbonyl (C=O) groups excluding carboxylic acids is 1. The number of hydrogen-bond acceptors (Lipinski definition) is 2. The number of aromatic nitrogens is 1. The minimum atomic E-state index is -0.143. The van der Waals surface area contributed by atoms with Gasteiger partial charge >= 0.3 is 0 Å². The highest BCUT2D eigenvalue weighted by Gasteiger charge is 2.16. The topological polar surface area (TPSA) is 56.3 Å². The molecule has 3 aromatic rings. The van der Waals surface area contributed by atoms with Crippen LogP contribution in [-0.2, 0) is 6.54 Å². The third-order valence-electron chi connectivity index (χ3n) is 3.56. The van der Waals surface area contributed by atoms with Gasteiger partial charge in [0.2, 0.25) is 0 Å². The van der Waals surface area contributed by atoms with Crippen LogP contribution in [0.2, 0.25) is 5.02 Å². The van der Waals surface area contributed by atoms with Crippen LogP contribution < -0.4 is 0 Å². The number of nitrogens with one attached hydrogen (secondary N) is 1. The molecule has 1 heterocycles. The van der Waals surface area contributed by atoms with Crippen LogP contribution in [0.5, 0.6) is 5.75 Å². The number of aromatic amines is 1. The van der Waals surface area contributed by atoms with Crippen molar-refractivity contribution in [1.82, 2.24) is 9.88 Å². The van der Waals surface area contributed by atoms with Crippen LogP contribution in [0.3, 0.4) is 0 Å². The second-order valence-electron chi connectivity index (χ2n) is 5.20. The number of rotatable bonds is 3. The predicted molar refractivity (Wildman–Crippen MR) is 87.2 cm³/mol. The molecule has 0 atom stereocenters. The number of amides is 1. The van der Waals surface area contributed by atoms with E-state index in [0.29, 0.717) is 22.8 Å². The van der Waals surface area contributed by atoms with E-state index in [1.165, 1.54) is 0 Å². The zero-order valence-electron chi connectivity index (χ0n) is 12.0. The van der Waals surface area contributed by atoms with Gasteiger partial charge in [-0.05, 0) is 30.3 Å². The van der Waals surface area contributed by atoms with Crippen LogP contribution in [0.1, 0.15) is 16.1 Å². The number of aromatic hydroxyl groups is 1. The van der Waals surface area contributed by atoms with E-state index in [-0.39, 0.29) is 11.7 Å². The predicted octanol–water partition coefficient (Wildman–Crippen LogP) is 3.80. The van der Waals surface area contributed by atoms with Gasteiger partial charge in [0.1, 0.15) is 11.4 Å². The molecule has 0 aliphatic rings. The molecule has 0 radical (unpaired) electrons.